The molecule has 15 heavy (non-hydrogen) atoms. The third kappa shape index (κ3) is 2.56. The highest BCUT2D eigenvalue weighted by atomic mass is 16.3. The topological polar surface area (TPSA) is 84.1 Å². The Labute approximate surface area is 88.7 Å². The van der Waals surface area contributed by atoms with Crippen molar-refractivity contribution in [2.75, 3.05) is 17.6 Å². The molecule has 82 valence electrons. The second kappa shape index (κ2) is 4.44. The number of aromatic nitrogens is 2. The van der Waals surface area contributed by atoms with Gasteiger partial charge in [0.25, 0.3) is 0 Å². The fraction of sp³-hybridized carbons (Fsp3) is 0.600. The SMILES string of the molecule is Nc1cnc(NCC2CCCC2O)cn1. The molecule has 4 N–H and O–H groups in total. The molecule has 1 aliphatic carbocycles. The van der Waals surface area contributed by atoms with Crippen molar-refractivity contribution in [1.29, 1.82) is 0 Å². The molecule has 5 nitrogen and oxygen atoms in total. The molecule has 2 atom stereocenters. The number of aliphatic hydroxyl groups is 1. The number of nitrogens with two attached hydrogens (primary N) is 1. The Hall–Kier alpha value is -1.36. The van der Waals surface area contributed by atoms with Gasteiger partial charge in [-0.25, -0.2) is 9.97 Å². The average Bonchev–Trinajstić information content (AvgIpc) is 2.63. The molecule has 2 unspecified atom stereocenters. The van der Waals surface area contributed by atoms with Crippen molar-refractivity contribution in [2.45, 2.75) is 25.4 Å². The molecule has 0 radical (unpaired) electrons. The Balaban J connectivity index is 1.85. The molecule has 0 aromatic carbocycles. The van der Waals surface area contributed by atoms with Gasteiger partial charge in [-0.3, -0.25) is 0 Å². The van der Waals surface area contributed by atoms with Gasteiger partial charge in [0, 0.05) is 12.5 Å². The molecular weight excluding hydrogens is 192 g/mol. The Morgan fingerprint density at radius 2 is 2.27 bits per heavy atom. The first-order valence-electron chi connectivity index (χ1n) is 5.25. The van der Waals surface area contributed by atoms with E-state index in [2.05, 4.69) is 15.3 Å². The first-order chi connectivity index (χ1) is 7.25. The van der Waals surface area contributed by atoms with Gasteiger partial charge in [-0.15, -0.1) is 0 Å². The Morgan fingerprint density at radius 3 is 2.87 bits per heavy atom. The van der Waals surface area contributed by atoms with E-state index in [1.54, 1.807) is 6.20 Å². The minimum absolute atomic E-state index is 0.167. The number of rotatable bonds is 3. The number of anilines is 2. The van der Waals surface area contributed by atoms with E-state index in [-0.39, 0.29) is 6.10 Å². The first kappa shape index (κ1) is 10.2. The van der Waals surface area contributed by atoms with Crippen molar-refractivity contribution in [1.82, 2.24) is 9.97 Å². The summed E-state index contributed by atoms with van der Waals surface area (Å²) >= 11 is 0. The van der Waals surface area contributed by atoms with Gasteiger partial charge in [-0.1, -0.05) is 6.42 Å². The zero-order chi connectivity index (χ0) is 10.7. The van der Waals surface area contributed by atoms with E-state index in [4.69, 9.17) is 5.73 Å². The van der Waals surface area contributed by atoms with E-state index in [9.17, 15) is 5.11 Å². The lowest BCUT2D eigenvalue weighted by Gasteiger charge is -2.15. The van der Waals surface area contributed by atoms with Gasteiger partial charge in [0.15, 0.2) is 0 Å². The molecule has 1 saturated carbocycles. The zero-order valence-electron chi connectivity index (χ0n) is 8.56. The van der Waals surface area contributed by atoms with Crippen molar-refractivity contribution < 1.29 is 5.11 Å². The van der Waals surface area contributed by atoms with E-state index >= 15 is 0 Å². The fourth-order valence-electron chi connectivity index (χ4n) is 1.92. The van der Waals surface area contributed by atoms with Gasteiger partial charge < -0.3 is 16.2 Å². The largest absolute Gasteiger partial charge is 0.393 e. The average molecular weight is 208 g/mol. The van der Waals surface area contributed by atoms with E-state index in [1.165, 1.54) is 6.20 Å². The predicted octanol–water partition coefficient (Wildman–Crippen LogP) is 0.632. The minimum Gasteiger partial charge on any atom is -0.393 e. The molecule has 1 aliphatic rings. The van der Waals surface area contributed by atoms with Crippen LogP contribution in [0.5, 0.6) is 0 Å². The Bertz CT molecular complexity index is 314. The van der Waals surface area contributed by atoms with E-state index in [0.717, 1.165) is 25.8 Å². The van der Waals surface area contributed by atoms with Gasteiger partial charge in [-0.2, -0.15) is 0 Å². The highest BCUT2D eigenvalue weighted by Gasteiger charge is 2.24. The number of aliphatic hydroxyl groups excluding tert-OH is 1. The molecule has 1 heterocycles. The van der Waals surface area contributed by atoms with E-state index in [1.807, 2.05) is 0 Å². The van der Waals surface area contributed by atoms with Crippen molar-refractivity contribution in [3.05, 3.63) is 12.4 Å². The van der Waals surface area contributed by atoms with Crippen LogP contribution in [-0.4, -0.2) is 27.7 Å². The van der Waals surface area contributed by atoms with Crippen LogP contribution in [0.3, 0.4) is 0 Å². The van der Waals surface area contributed by atoms with Crippen molar-refractivity contribution in [3.8, 4) is 0 Å². The van der Waals surface area contributed by atoms with E-state index < -0.39 is 0 Å². The van der Waals surface area contributed by atoms with Crippen LogP contribution in [0.25, 0.3) is 0 Å². The van der Waals surface area contributed by atoms with Gasteiger partial charge in [0.05, 0.1) is 18.5 Å². The van der Waals surface area contributed by atoms with Crippen LogP contribution in [0, 0.1) is 5.92 Å². The number of nitrogen functional groups attached to an aromatic ring is 1. The number of nitrogens with one attached hydrogen (secondary N) is 1. The smallest absolute Gasteiger partial charge is 0.144 e. The lowest BCUT2D eigenvalue weighted by Crippen LogP contribution is -2.22. The summed E-state index contributed by atoms with van der Waals surface area (Å²) < 4.78 is 0. The summed E-state index contributed by atoms with van der Waals surface area (Å²) in [5.74, 6) is 1.47. The fourth-order valence-corrected chi connectivity index (χ4v) is 1.92. The minimum atomic E-state index is -0.167. The van der Waals surface area contributed by atoms with Gasteiger partial charge in [-0.05, 0) is 12.8 Å². The molecule has 0 amide bonds. The lowest BCUT2D eigenvalue weighted by atomic mass is 10.1. The van der Waals surface area contributed by atoms with Crippen LogP contribution >= 0.6 is 0 Å². The van der Waals surface area contributed by atoms with Crippen molar-refractivity contribution in [3.63, 3.8) is 0 Å². The van der Waals surface area contributed by atoms with Crippen molar-refractivity contribution in [2.24, 2.45) is 5.92 Å². The third-order valence-corrected chi connectivity index (χ3v) is 2.84. The van der Waals surface area contributed by atoms with Crippen LogP contribution < -0.4 is 11.1 Å². The third-order valence-electron chi connectivity index (χ3n) is 2.84. The molecule has 1 fully saturated rings. The molecule has 0 saturated heterocycles. The molecule has 0 aliphatic heterocycles. The van der Waals surface area contributed by atoms with Crippen LogP contribution in [0.4, 0.5) is 11.6 Å². The van der Waals surface area contributed by atoms with Gasteiger partial charge in [0.2, 0.25) is 0 Å². The normalized spacial score (nSPS) is 25.4. The quantitative estimate of drug-likeness (QED) is 0.678. The van der Waals surface area contributed by atoms with Crippen molar-refractivity contribution >= 4 is 11.6 Å². The molecule has 5 heteroatoms. The monoisotopic (exact) mass is 208 g/mol. The zero-order valence-corrected chi connectivity index (χ0v) is 8.56. The number of nitrogens with zero attached hydrogens (tertiary/aromatic N) is 2. The summed E-state index contributed by atoms with van der Waals surface area (Å²) in [5.41, 5.74) is 5.43. The van der Waals surface area contributed by atoms with Crippen LogP contribution in [0.15, 0.2) is 12.4 Å². The summed E-state index contributed by atoms with van der Waals surface area (Å²) in [4.78, 5) is 8.02. The molecule has 0 bridgehead atoms. The maximum absolute atomic E-state index is 9.62. The molecule has 2 rings (SSSR count). The highest BCUT2D eigenvalue weighted by Crippen LogP contribution is 2.25. The first-order valence-corrected chi connectivity index (χ1v) is 5.25. The Morgan fingerprint density at radius 1 is 1.40 bits per heavy atom. The molecular formula is C10H16N4O. The lowest BCUT2D eigenvalue weighted by molar-refractivity contribution is 0.138. The van der Waals surface area contributed by atoms with Gasteiger partial charge >= 0.3 is 0 Å². The standard InChI is InChI=1S/C10H16N4O/c11-9-5-14-10(6-12-9)13-4-7-2-1-3-8(7)15/h5-8,15H,1-4H2,(H2,11,12)(H,13,14). The summed E-state index contributed by atoms with van der Waals surface area (Å²) in [5, 5.41) is 12.8. The predicted molar refractivity (Wildman–Crippen MR) is 58.3 cm³/mol. The molecule has 1 aromatic heterocycles. The van der Waals surface area contributed by atoms with E-state index in [0.29, 0.717) is 17.6 Å². The maximum atomic E-state index is 9.62. The molecule has 1 aromatic rings. The van der Waals surface area contributed by atoms with Gasteiger partial charge in [0.1, 0.15) is 11.6 Å². The van der Waals surface area contributed by atoms with Crippen LogP contribution in [0.1, 0.15) is 19.3 Å². The highest BCUT2D eigenvalue weighted by molar-refractivity contribution is 5.35. The second-order valence-corrected chi connectivity index (χ2v) is 3.97. The summed E-state index contributed by atoms with van der Waals surface area (Å²) in [6.45, 7) is 0.750. The summed E-state index contributed by atoms with van der Waals surface area (Å²) in [6.07, 6.45) is 6.07. The Kier molecular flexibility index (Phi) is 3.01. The number of hydrogen-bond acceptors (Lipinski definition) is 5. The summed E-state index contributed by atoms with van der Waals surface area (Å²) in [7, 11) is 0. The summed E-state index contributed by atoms with van der Waals surface area (Å²) in [6, 6.07) is 0. The van der Waals surface area contributed by atoms with Crippen LogP contribution in [-0.2, 0) is 0 Å². The second-order valence-electron chi connectivity index (χ2n) is 3.97. The number of hydrogen-bond donors (Lipinski definition) is 3. The maximum Gasteiger partial charge on any atom is 0.144 e. The molecule has 0 spiro atoms. The van der Waals surface area contributed by atoms with Crippen LogP contribution in [0.2, 0.25) is 0 Å².